The molecule has 0 radical (unpaired) electrons. The molecule has 2 aromatic rings. The number of rotatable bonds is 3. The third kappa shape index (κ3) is 3.34. The Labute approximate surface area is 136 Å². The molecule has 1 aliphatic heterocycles. The summed E-state index contributed by atoms with van der Waals surface area (Å²) in [6.45, 7) is 2.45. The molecule has 0 fully saturated rings. The molecule has 122 valence electrons. The minimum atomic E-state index is -0.405. The molecule has 3 heterocycles. The Morgan fingerprint density at radius 1 is 1.48 bits per heavy atom. The number of carbonyl (C=O) groups is 2. The van der Waals surface area contributed by atoms with E-state index in [9.17, 15) is 9.59 Å². The van der Waals surface area contributed by atoms with E-state index in [0.29, 0.717) is 17.1 Å². The summed E-state index contributed by atoms with van der Waals surface area (Å²) in [5, 5.41) is 9.84. The zero-order valence-electron chi connectivity index (χ0n) is 12.8. The van der Waals surface area contributed by atoms with E-state index in [4.69, 9.17) is 0 Å². The second kappa shape index (κ2) is 6.37. The zero-order chi connectivity index (χ0) is 16.4. The molecule has 8 nitrogen and oxygen atoms in total. The van der Waals surface area contributed by atoms with E-state index < -0.39 is 5.97 Å². The van der Waals surface area contributed by atoms with Crippen molar-refractivity contribution in [2.24, 2.45) is 0 Å². The van der Waals surface area contributed by atoms with Gasteiger partial charge in [-0.05, 0) is 19.4 Å². The molecule has 1 unspecified atom stereocenters. The summed E-state index contributed by atoms with van der Waals surface area (Å²) in [5.74, 6) is 0.539. The molecule has 1 aliphatic rings. The number of nitrogens with one attached hydrogen (secondary N) is 2. The summed E-state index contributed by atoms with van der Waals surface area (Å²) < 4.78 is 6.49. The highest BCUT2D eigenvalue weighted by Crippen LogP contribution is 2.26. The van der Waals surface area contributed by atoms with Crippen molar-refractivity contribution in [3.05, 3.63) is 28.0 Å². The van der Waals surface area contributed by atoms with Gasteiger partial charge in [0.1, 0.15) is 17.0 Å². The predicted octanol–water partition coefficient (Wildman–Crippen LogP) is 1.57. The summed E-state index contributed by atoms with van der Waals surface area (Å²) in [6.07, 6.45) is 3.14. The Morgan fingerprint density at radius 3 is 3.09 bits per heavy atom. The Balaban J connectivity index is 1.60. The number of methoxy groups -OCH3 is 1. The molecule has 0 saturated carbocycles. The molecule has 0 saturated heterocycles. The maximum absolute atomic E-state index is 12.2. The largest absolute Gasteiger partial charge is 0.465 e. The number of ether oxygens (including phenoxy) is 1. The molecule has 0 bridgehead atoms. The number of carbonyl (C=O) groups excluding carboxylic acids is 2. The normalized spacial score (nSPS) is 16.5. The lowest BCUT2D eigenvalue weighted by molar-refractivity contribution is 0.0606. The standard InChI is InChI=1S/C14H17N5O3S/c1-8-10(5-11(23-8)13(20)22-2)18-14(21)17-9-3-4-12-15-7-16-19(12)6-9/h5,7,9H,3-4,6H2,1-2H3,(H2,17,18,21). The predicted molar refractivity (Wildman–Crippen MR) is 84.7 cm³/mol. The molecule has 0 aliphatic carbocycles. The fourth-order valence-electron chi connectivity index (χ4n) is 2.51. The Morgan fingerprint density at radius 2 is 2.30 bits per heavy atom. The van der Waals surface area contributed by atoms with Crippen LogP contribution in [0.25, 0.3) is 0 Å². The van der Waals surface area contributed by atoms with Crippen molar-refractivity contribution >= 4 is 29.0 Å². The summed E-state index contributed by atoms with van der Waals surface area (Å²) >= 11 is 1.29. The first-order chi connectivity index (χ1) is 11.1. The van der Waals surface area contributed by atoms with Crippen LogP contribution in [0.5, 0.6) is 0 Å². The van der Waals surface area contributed by atoms with E-state index in [1.54, 1.807) is 10.7 Å². The number of aryl methyl sites for hydroxylation is 2. The molecular weight excluding hydrogens is 318 g/mol. The van der Waals surface area contributed by atoms with E-state index in [1.807, 2.05) is 6.92 Å². The molecule has 23 heavy (non-hydrogen) atoms. The van der Waals surface area contributed by atoms with E-state index >= 15 is 0 Å². The summed E-state index contributed by atoms with van der Waals surface area (Å²) in [7, 11) is 1.33. The minimum absolute atomic E-state index is 0.00298. The van der Waals surface area contributed by atoms with E-state index in [0.717, 1.165) is 23.5 Å². The number of hydrogen-bond acceptors (Lipinski definition) is 6. The average molecular weight is 335 g/mol. The van der Waals surface area contributed by atoms with Gasteiger partial charge in [0.25, 0.3) is 0 Å². The second-order valence-electron chi connectivity index (χ2n) is 5.26. The van der Waals surface area contributed by atoms with Gasteiger partial charge in [-0.1, -0.05) is 0 Å². The van der Waals surface area contributed by atoms with Crippen molar-refractivity contribution in [1.29, 1.82) is 0 Å². The Hall–Kier alpha value is -2.42. The quantitative estimate of drug-likeness (QED) is 0.830. The van der Waals surface area contributed by atoms with E-state index in [2.05, 4.69) is 25.5 Å². The van der Waals surface area contributed by atoms with Crippen LogP contribution in [0.15, 0.2) is 12.4 Å². The number of hydrogen-bond donors (Lipinski definition) is 2. The first-order valence-electron chi connectivity index (χ1n) is 7.19. The Kier molecular flexibility index (Phi) is 4.28. The van der Waals surface area contributed by atoms with Crippen LogP contribution >= 0.6 is 11.3 Å². The van der Waals surface area contributed by atoms with Crippen LogP contribution in [0.3, 0.4) is 0 Å². The first-order valence-corrected chi connectivity index (χ1v) is 8.01. The molecule has 0 aromatic carbocycles. The number of nitrogens with zero attached hydrogens (tertiary/aromatic N) is 3. The third-order valence-corrected chi connectivity index (χ3v) is 4.72. The van der Waals surface area contributed by atoms with Gasteiger partial charge in [-0.15, -0.1) is 11.3 Å². The van der Waals surface area contributed by atoms with Gasteiger partial charge in [-0.3, -0.25) is 0 Å². The molecule has 3 rings (SSSR count). The molecule has 2 aromatic heterocycles. The maximum atomic E-state index is 12.2. The van der Waals surface area contributed by atoms with Crippen LogP contribution in [0, 0.1) is 6.92 Å². The lowest BCUT2D eigenvalue weighted by atomic mass is 10.1. The third-order valence-electron chi connectivity index (χ3n) is 3.69. The highest BCUT2D eigenvalue weighted by Gasteiger charge is 2.22. The fraction of sp³-hybridized carbons (Fsp3) is 0.429. The molecule has 2 amide bonds. The van der Waals surface area contributed by atoms with Gasteiger partial charge in [0.2, 0.25) is 0 Å². The first kappa shape index (κ1) is 15.5. The van der Waals surface area contributed by atoms with Gasteiger partial charge in [-0.25, -0.2) is 19.3 Å². The molecule has 9 heteroatoms. The maximum Gasteiger partial charge on any atom is 0.348 e. The number of aromatic nitrogens is 3. The fourth-order valence-corrected chi connectivity index (χ4v) is 3.40. The lowest BCUT2D eigenvalue weighted by Gasteiger charge is -2.23. The summed E-state index contributed by atoms with van der Waals surface area (Å²) in [5.41, 5.74) is 0.616. The van der Waals surface area contributed by atoms with Crippen LogP contribution in [-0.4, -0.2) is 39.9 Å². The van der Waals surface area contributed by atoms with Crippen molar-refractivity contribution < 1.29 is 14.3 Å². The number of thiophene rings is 1. The zero-order valence-corrected chi connectivity index (χ0v) is 13.6. The van der Waals surface area contributed by atoms with Crippen LogP contribution < -0.4 is 10.6 Å². The van der Waals surface area contributed by atoms with Gasteiger partial charge < -0.3 is 15.4 Å². The van der Waals surface area contributed by atoms with Crippen LogP contribution in [0.2, 0.25) is 0 Å². The highest BCUT2D eigenvalue weighted by atomic mass is 32.1. The van der Waals surface area contributed by atoms with Crippen molar-refractivity contribution in [1.82, 2.24) is 20.1 Å². The highest BCUT2D eigenvalue weighted by molar-refractivity contribution is 7.14. The second-order valence-corrected chi connectivity index (χ2v) is 6.52. The number of amides is 2. The molecule has 0 spiro atoms. The van der Waals surface area contributed by atoms with Crippen molar-refractivity contribution in [2.75, 3.05) is 12.4 Å². The van der Waals surface area contributed by atoms with Gasteiger partial charge in [0.05, 0.1) is 25.4 Å². The molecule has 2 N–H and O–H groups in total. The van der Waals surface area contributed by atoms with Crippen LogP contribution in [-0.2, 0) is 17.7 Å². The van der Waals surface area contributed by atoms with E-state index in [1.165, 1.54) is 24.8 Å². The van der Waals surface area contributed by atoms with Crippen molar-refractivity contribution in [2.45, 2.75) is 32.4 Å². The SMILES string of the molecule is COC(=O)c1cc(NC(=O)NC2CCc3ncnn3C2)c(C)s1. The number of fused-ring (bicyclic) bond motifs is 1. The van der Waals surface area contributed by atoms with Crippen molar-refractivity contribution in [3.63, 3.8) is 0 Å². The van der Waals surface area contributed by atoms with Gasteiger partial charge in [0.15, 0.2) is 0 Å². The summed E-state index contributed by atoms with van der Waals surface area (Å²) in [4.78, 5) is 29.1. The number of urea groups is 1. The number of anilines is 1. The van der Waals surface area contributed by atoms with Crippen molar-refractivity contribution in [3.8, 4) is 0 Å². The molecular formula is C14H17N5O3S. The number of esters is 1. The monoisotopic (exact) mass is 335 g/mol. The van der Waals surface area contributed by atoms with E-state index in [-0.39, 0.29) is 12.1 Å². The Bertz CT molecular complexity index is 739. The smallest absolute Gasteiger partial charge is 0.348 e. The van der Waals surface area contributed by atoms with Crippen LogP contribution in [0.4, 0.5) is 10.5 Å². The van der Waals surface area contributed by atoms with Crippen LogP contribution in [0.1, 0.15) is 26.8 Å². The van der Waals surface area contributed by atoms with Gasteiger partial charge in [0, 0.05) is 11.3 Å². The minimum Gasteiger partial charge on any atom is -0.465 e. The summed E-state index contributed by atoms with van der Waals surface area (Å²) in [6, 6.07) is 1.33. The lowest BCUT2D eigenvalue weighted by Crippen LogP contribution is -2.43. The van der Waals surface area contributed by atoms with Gasteiger partial charge in [-0.2, -0.15) is 5.10 Å². The molecule has 1 atom stereocenters. The average Bonchev–Trinajstić information content (AvgIpc) is 3.13. The van der Waals surface area contributed by atoms with Gasteiger partial charge >= 0.3 is 12.0 Å². The topological polar surface area (TPSA) is 98.1 Å².